The molecule has 136 valence electrons. The number of fused-ring (bicyclic) bond motifs is 1. The van der Waals surface area contributed by atoms with Crippen molar-refractivity contribution in [1.82, 2.24) is 9.62 Å². The summed E-state index contributed by atoms with van der Waals surface area (Å²) in [6.45, 7) is 0.736. The SMILES string of the molecule is CS(=O)(=O)NCC(=O)N1CCCC2(CC1)CC(=O)c1ccccc1O2. The van der Waals surface area contributed by atoms with Gasteiger partial charge in [0.15, 0.2) is 5.78 Å². The molecule has 3 rings (SSSR count). The number of likely N-dealkylation sites (tertiary alicyclic amines) is 1. The Hall–Kier alpha value is -1.93. The highest BCUT2D eigenvalue weighted by molar-refractivity contribution is 7.88. The summed E-state index contributed by atoms with van der Waals surface area (Å²) in [6, 6.07) is 7.24. The molecule has 1 fully saturated rings. The monoisotopic (exact) mass is 366 g/mol. The fraction of sp³-hybridized carbons (Fsp3) is 0.529. The number of rotatable bonds is 3. The number of nitrogens with zero attached hydrogens (tertiary/aromatic N) is 1. The van der Waals surface area contributed by atoms with Gasteiger partial charge in [-0.2, -0.15) is 0 Å². The van der Waals surface area contributed by atoms with Crippen LogP contribution in [0, 0.1) is 0 Å². The largest absolute Gasteiger partial charge is 0.486 e. The second-order valence-corrected chi connectivity index (χ2v) is 8.54. The summed E-state index contributed by atoms with van der Waals surface area (Å²) < 4.78 is 30.7. The van der Waals surface area contributed by atoms with E-state index in [9.17, 15) is 18.0 Å². The van der Waals surface area contributed by atoms with Crippen LogP contribution in [0.1, 0.15) is 36.0 Å². The van der Waals surface area contributed by atoms with E-state index in [1.54, 1.807) is 17.0 Å². The molecule has 0 bridgehead atoms. The van der Waals surface area contributed by atoms with Crippen LogP contribution < -0.4 is 9.46 Å². The molecule has 0 aromatic heterocycles. The van der Waals surface area contributed by atoms with Gasteiger partial charge in [0, 0.05) is 19.5 Å². The molecule has 8 heteroatoms. The van der Waals surface area contributed by atoms with Crippen LogP contribution in [0.25, 0.3) is 0 Å². The first kappa shape index (κ1) is 17.9. The van der Waals surface area contributed by atoms with E-state index in [-0.39, 0.29) is 18.2 Å². The third-order valence-corrected chi connectivity index (χ3v) is 5.40. The number of Topliss-reactive ketones (excluding diaryl/α,β-unsaturated/α-hetero) is 1. The number of ether oxygens (including phenoxy) is 1. The van der Waals surface area contributed by atoms with Crippen molar-refractivity contribution in [3.63, 3.8) is 0 Å². The number of amides is 1. The van der Waals surface area contributed by atoms with Gasteiger partial charge in [0.25, 0.3) is 0 Å². The molecule has 2 aliphatic heterocycles. The van der Waals surface area contributed by atoms with Crippen LogP contribution >= 0.6 is 0 Å². The zero-order valence-electron chi connectivity index (χ0n) is 14.2. The highest BCUT2D eigenvalue weighted by Gasteiger charge is 2.41. The van der Waals surface area contributed by atoms with E-state index < -0.39 is 15.6 Å². The lowest BCUT2D eigenvalue weighted by atomic mass is 9.84. The molecular weight excluding hydrogens is 344 g/mol. The Morgan fingerprint density at radius 2 is 2.04 bits per heavy atom. The predicted molar refractivity (Wildman–Crippen MR) is 92.0 cm³/mol. The van der Waals surface area contributed by atoms with E-state index in [1.807, 2.05) is 12.1 Å². The molecule has 2 heterocycles. The highest BCUT2D eigenvalue weighted by atomic mass is 32.2. The molecule has 1 spiro atoms. The maximum absolute atomic E-state index is 12.5. The Kier molecular flexibility index (Phi) is 4.83. The second-order valence-electron chi connectivity index (χ2n) is 6.71. The summed E-state index contributed by atoms with van der Waals surface area (Å²) in [5.74, 6) is 0.419. The minimum Gasteiger partial charge on any atom is -0.486 e. The van der Waals surface area contributed by atoms with Gasteiger partial charge in [0.2, 0.25) is 15.9 Å². The van der Waals surface area contributed by atoms with Crippen LogP contribution in [-0.4, -0.2) is 56.5 Å². The number of benzene rings is 1. The summed E-state index contributed by atoms with van der Waals surface area (Å²) in [5.41, 5.74) is 0.0349. The smallest absolute Gasteiger partial charge is 0.237 e. The Labute approximate surface area is 147 Å². The van der Waals surface area contributed by atoms with Crippen LogP contribution in [0.4, 0.5) is 0 Å². The topological polar surface area (TPSA) is 92.8 Å². The minimum absolute atomic E-state index is 0.0698. The second kappa shape index (κ2) is 6.76. The van der Waals surface area contributed by atoms with Crippen molar-refractivity contribution in [3.8, 4) is 5.75 Å². The molecule has 1 saturated heterocycles. The van der Waals surface area contributed by atoms with Crippen molar-refractivity contribution in [3.05, 3.63) is 29.8 Å². The molecule has 0 saturated carbocycles. The predicted octanol–water partition coefficient (Wildman–Crippen LogP) is 0.952. The van der Waals surface area contributed by atoms with Crippen molar-refractivity contribution in [2.45, 2.75) is 31.3 Å². The van der Waals surface area contributed by atoms with Crippen LogP contribution in [0.15, 0.2) is 24.3 Å². The van der Waals surface area contributed by atoms with Crippen LogP contribution in [0.2, 0.25) is 0 Å². The fourth-order valence-corrected chi connectivity index (χ4v) is 3.83. The van der Waals surface area contributed by atoms with Gasteiger partial charge in [-0.25, -0.2) is 13.1 Å². The molecular formula is C17H22N2O5S. The van der Waals surface area contributed by atoms with Crippen molar-refractivity contribution in [2.75, 3.05) is 25.9 Å². The number of carbonyl (C=O) groups is 2. The Morgan fingerprint density at radius 1 is 1.28 bits per heavy atom. The molecule has 1 atom stereocenters. The molecule has 1 N–H and O–H groups in total. The molecule has 0 aliphatic carbocycles. The third-order valence-electron chi connectivity index (χ3n) is 4.73. The maximum Gasteiger partial charge on any atom is 0.237 e. The van der Waals surface area contributed by atoms with Crippen molar-refractivity contribution < 1.29 is 22.7 Å². The number of hydrogen-bond acceptors (Lipinski definition) is 5. The van der Waals surface area contributed by atoms with Gasteiger partial charge in [-0.3, -0.25) is 9.59 Å². The van der Waals surface area contributed by atoms with Crippen LogP contribution in [-0.2, 0) is 14.8 Å². The molecule has 25 heavy (non-hydrogen) atoms. The summed E-state index contributed by atoms with van der Waals surface area (Å²) >= 11 is 0. The van der Waals surface area contributed by atoms with Crippen LogP contribution in [0.3, 0.4) is 0 Å². The lowest BCUT2D eigenvalue weighted by molar-refractivity contribution is -0.130. The van der Waals surface area contributed by atoms with Gasteiger partial charge in [-0.1, -0.05) is 12.1 Å². The van der Waals surface area contributed by atoms with E-state index in [4.69, 9.17) is 4.74 Å². The van der Waals surface area contributed by atoms with Crippen molar-refractivity contribution in [2.24, 2.45) is 0 Å². The van der Waals surface area contributed by atoms with Gasteiger partial charge in [-0.15, -0.1) is 0 Å². The van der Waals surface area contributed by atoms with Crippen molar-refractivity contribution >= 4 is 21.7 Å². The normalized spacial score (nSPS) is 23.7. The Bertz CT molecular complexity index is 792. The number of nitrogens with one attached hydrogen (secondary N) is 1. The highest BCUT2D eigenvalue weighted by Crippen LogP contribution is 2.39. The lowest BCUT2D eigenvalue weighted by Crippen LogP contribution is -2.44. The lowest BCUT2D eigenvalue weighted by Gasteiger charge is -2.37. The van der Waals surface area contributed by atoms with Gasteiger partial charge < -0.3 is 9.64 Å². The third kappa shape index (κ3) is 4.19. The summed E-state index contributed by atoms with van der Waals surface area (Å²) in [5, 5.41) is 0. The minimum atomic E-state index is -3.40. The average molecular weight is 366 g/mol. The zero-order chi connectivity index (χ0) is 18.1. The number of hydrogen-bond donors (Lipinski definition) is 1. The molecule has 1 aromatic carbocycles. The first-order chi connectivity index (χ1) is 11.8. The summed E-state index contributed by atoms with van der Waals surface area (Å²) in [4.78, 5) is 26.3. The van der Waals surface area contributed by atoms with Crippen LogP contribution in [0.5, 0.6) is 5.75 Å². The van der Waals surface area contributed by atoms with E-state index in [0.717, 1.165) is 6.26 Å². The number of sulfonamides is 1. The van der Waals surface area contributed by atoms with E-state index in [2.05, 4.69) is 4.72 Å². The van der Waals surface area contributed by atoms with E-state index in [1.165, 1.54) is 0 Å². The molecule has 1 amide bonds. The molecule has 1 unspecified atom stereocenters. The Balaban J connectivity index is 1.68. The molecule has 0 radical (unpaired) electrons. The maximum atomic E-state index is 12.5. The fourth-order valence-electron chi connectivity index (χ4n) is 3.44. The molecule has 1 aromatic rings. The molecule has 2 aliphatic rings. The zero-order valence-corrected chi connectivity index (χ0v) is 15.0. The van der Waals surface area contributed by atoms with Gasteiger partial charge >= 0.3 is 0 Å². The molecule has 7 nitrogen and oxygen atoms in total. The number of ketones is 1. The van der Waals surface area contributed by atoms with Gasteiger partial charge in [-0.05, 0) is 25.0 Å². The average Bonchev–Trinajstić information content (AvgIpc) is 2.75. The standard InChI is InChI=1S/C17H22N2O5S/c1-25(22,23)18-12-16(21)19-9-4-7-17(8-10-19)11-14(20)13-5-2-3-6-15(13)24-17/h2-3,5-6,18H,4,7-12H2,1H3. The summed E-state index contributed by atoms with van der Waals surface area (Å²) in [6.07, 6.45) is 3.29. The summed E-state index contributed by atoms with van der Waals surface area (Å²) in [7, 11) is -3.40. The van der Waals surface area contributed by atoms with Gasteiger partial charge in [0.05, 0.1) is 24.8 Å². The van der Waals surface area contributed by atoms with E-state index >= 15 is 0 Å². The first-order valence-corrected chi connectivity index (χ1v) is 10.2. The number of para-hydroxylation sites is 1. The van der Waals surface area contributed by atoms with E-state index in [0.29, 0.717) is 50.1 Å². The van der Waals surface area contributed by atoms with Gasteiger partial charge in [0.1, 0.15) is 11.4 Å². The first-order valence-electron chi connectivity index (χ1n) is 8.32. The Morgan fingerprint density at radius 3 is 2.80 bits per heavy atom. The quantitative estimate of drug-likeness (QED) is 0.860. The number of carbonyl (C=O) groups excluding carboxylic acids is 2. The van der Waals surface area contributed by atoms with Crippen molar-refractivity contribution in [1.29, 1.82) is 0 Å².